The molecule has 1 aromatic rings. The number of aromatic nitrogens is 1. The van der Waals surface area contributed by atoms with Crippen molar-refractivity contribution in [2.24, 2.45) is 0 Å². The highest BCUT2D eigenvalue weighted by molar-refractivity contribution is 4.94. The van der Waals surface area contributed by atoms with Gasteiger partial charge in [-0.3, -0.25) is 4.98 Å². The molecule has 0 saturated carbocycles. The fourth-order valence-corrected chi connectivity index (χ4v) is 0.320. The first-order valence-electron chi connectivity index (χ1n) is 2.02. The lowest BCUT2D eigenvalue weighted by Gasteiger charge is -1.80. The first-order valence-corrected chi connectivity index (χ1v) is 2.02. The minimum absolute atomic E-state index is 0.860. The molecule has 0 aromatic carbocycles. The van der Waals surface area contributed by atoms with E-state index in [1.165, 1.54) is 0 Å². The predicted molar refractivity (Wildman–Crippen MR) is 25.5 cm³/mol. The SMILES string of the molecule is Cc1[c][c][c]cn1. The maximum absolute atomic E-state index is 3.84. The van der Waals surface area contributed by atoms with Crippen LogP contribution in [-0.2, 0) is 0 Å². The van der Waals surface area contributed by atoms with Gasteiger partial charge in [0.25, 0.3) is 0 Å². The maximum Gasteiger partial charge on any atom is 0.0458 e. The molecule has 0 saturated heterocycles. The molecule has 1 heterocycles. The van der Waals surface area contributed by atoms with E-state index in [0.29, 0.717) is 0 Å². The van der Waals surface area contributed by atoms with Gasteiger partial charge in [0.05, 0.1) is 0 Å². The summed E-state index contributed by atoms with van der Waals surface area (Å²) in [6.45, 7) is 1.87. The van der Waals surface area contributed by atoms with Gasteiger partial charge in [-0.05, 0) is 6.92 Å². The highest BCUT2D eigenvalue weighted by atomic mass is 14.6. The molecule has 0 spiro atoms. The minimum Gasteiger partial charge on any atom is -0.260 e. The van der Waals surface area contributed by atoms with Crippen LogP contribution in [0.25, 0.3) is 0 Å². The second-order valence-electron chi connectivity index (χ2n) is 1.24. The Morgan fingerprint density at radius 3 is 2.86 bits per heavy atom. The molecule has 0 fully saturated rings. The summed E-state index contributed by atoms with van der Waals surface area (Å²) in [5.41, 5.74) is 0.860. The van der Waals surface area contributed by atoms with E-state index in [1.807, 2.05) is 6.92 Å². The summed E-state index contributed by atoms with van der Waals surface area (Å²) >= 11 is 0. The second kappa shape index (κ2) is 1.73. The Morgan fingerprint density at radius 2 is 2.57 bits per heavy atom. The lowest BCUT2D eigenvalue weighted by Crippen LogP contribution is -1.74. The zero-order valence-electron chi connectivity index (χ0n) is 4.02. The van der Waals surface area contributed by atoms with Gasteiger partial charge in [-0.25, -0.2) is 0 Å². The highest BCUT2D eigenvalue weighted by Crippen LogP contribution is 1.82. The Morgan fingerprint density at radius 1 is 1.71 bits per heavy atom. The van der Waals surface area contributed by atoms with Crippen LogP contribution in [0.4, 0.5) is 0 Å². The highest BCUT2D eigenvalue weighted by Gasteiger charge is 1.75. The predicted octanol–water partition coefficient (Wildman–Crippen LogP) is 0.791. The monoisotopic (exact) mass is 90.0 g/mol. The normalized spacial score (nSPS) is 8.71. The average Bonchev–Trinajstić information content (AvgIpc) is 1.69. The Kier molecular flexibility index (Phi) is 1.07. The number of pyridine rings is 1. The summed E-state index contributed by atoms with van der Waals surface area (Å²) < 4.78 is 0. The van der Waals surface area contributed by atoms with Gasteiger partial charge in [-0.1, -0.05) is 0 Å². The Balaban J connectivity index is 3.02. The first kappa shape index (κ1) is 4.31. The molecule has 7 heavy (non-hydrogen) atoms. The summed E-state index contributed by atoms with van der Waals surface area (Å²) in [6.07, 6.45) is 1.58. The van der Waals surface area contributed by atoms with Crippen molar-refractivity contribution in [2.45, 2.75) is 6.92 Å². The standard InChI is InChI=1S/C6H4N/c1-6-4-2-3-5-7-6/h5H,1H3. The molecule has 33 valence electrons. The third kappa shape index (κ3) is 1.000. The summed E-state index contributed by atoms with van der Waals surface area (Å²) in [6, 6.07) is 8.03. The average molecular weight is 90.1 g/mol. The van der Waals surface area contributed by atoms with Crippen molar-refractivity contribution < 1.29 is 0 Å². The Labute approximate surface area is 43.0 Å². The molecule has 0 amide bonds. The molecule has 0 aliphatic rings. The van der Waals surface area contributed by atoms with Gasteiger partial charge in [-0.15, -0.1) is 0 Å². The quantitative estimate of drug-likeness (QED) is 0.459. The zero-order chi connectivity index (χ0) is 5.11. The summed E-state index contributed by atoms with van der Waals surface area (Å²) in [7, 11) is 0. The largest absolute Gasteiger partial charge is 0.260 e. The van der Waals surface area contributed by atoms with Crippen LogP contribution in [-0.4, -0.2) is 4.98 Å². The summed E-state index contributed by atoms with van der Waals surface area (Å²) in [4.78, 5) is 3.84. The van der Waals surface area contributed by atoms with Gasteiger partial charge in [0, 0.05) is 30.1 Å². The van der Waals surface area contributed by atoms with Crippen LogP contribution in [0.5, 0.6) is 0 Å². The van der Waals surface area contributed by atoms with Crippen LogP contribution < -0.4 is 0 Å². The first-order chi connectivity index (χ1) is 3.39. The van der Waals surface area contributed by atoms with Crippen molar-refractivity contribution in [1.29, 1.82) is 0 Å². The number of hydrogen-bond acceptors (Lipinski definition) is 1. The van der Waals surface area contributed by atoms with E-state index in [-0.39, 0.29) is 0 Å². The molecule has 1 nitrogen and oxygen atoms in total. The van der Waals surface area contributed by atoms with Gasteiger partial charge in [0.15, 0.2) is 0 Å². The molecular weight excluding hydrogens is 86.1 g/mol. The third-order valence-electron chi connectivity index (χ3n) is 0.638. The molecule has 0 unspecified atom stereocenters. The van der Waals surface area contributed by atoms with E-state index in [4.69, 9.17) is 0 Å². The number of rotatable bonds is 0. The lowest BCUT2D eigenvalue weighted by atomic mass is 10.4. The van der Waals surface area contributed by atoms with E-state index in [1.54, 1.807) is 6.20 Å². The maximum atomic E-state index is 3.84. The van der Waals surface area contributed by atoms with Crippen LogP contribution in [0.2, 0.25) is 0 Å². The van der Waals surface area contributed by atoms with Crippen LogP contribution in [0.1, 0.15) is 5.69 Å². The topological polar surface area (TPSA) is 12.9 Å². The van der Waals surface area contributed by atoms with Gasteiger partial charge in [-0.2, -0.15) is 0 Å². The molecule has 0 atom stereocenters. The van der Waals surface area contributed by atoms with Crippen molar-refractivity contribution in [1.82, 2.24) is 4.98 Å². The van der Waals surface area contributed by atoms with Crippen LogP contribution in [0.15, 0.2) is 6.20 Å². The summed E-state index contributed by atoms with van der Waals surface area (Å²) in [5, 5.41) is 0. The van der Waals surface area contributed by atoms with E-state index in [2.05, 4.69) is 23.2 Å². The van der Waals surface area contributed by atoms with Gasteiger partial charge < -0.3 is 0 Å². The van der Waals surface area contributed by atoms with Crippen molar-refractivity contribution in [2.75, 3.05) is 0 Å². The second-order valence-corrected chi connectivity index (χ2v) is 1.24. The van der Waals surface area contributed by atoms with E-state index >= 15 is 0 Å². The summed E-state index contributed by atoms with van der Waals surface area (Å²) in [5.74, 6) is 0. The molecule has 1 aromatic heterocycles. The van der Waals surface area contributed by atoms with E-state index in [9.17, 15) is 0 Å². The smallest absolute Gasteiger partial charge is 0.0458 e. The molecule has 0 aliphatic carbocycles. The number of hydrogen-bond donors (Lipinski definition) is 0. The lowest BCUT2D eigenvalue weighted by molar-refractivity contribution is 1.19. The molecule has 3 radical (unpaired) electrons. The fourth-order valence-electron chi connectivity index (χ4n) is 0.320. The molecule has 0 bridgehead atoms. The molecule has 0 N–H and O–H groups in total. The zero-order valence-corrected chi connectivity index (χ0v) is 4.02. The number of aryl methyl sites for hydroxylation is 1. The van der Waals surface area contributed by atoms with Crippen LogP contribution >= 0.6 is 0 Å². The Bertz CT molecular complexity index is 134. The van der Waals surface area contributed by atoms with Crippen molar-refractivity contribution in [3.05, 3.63) is 30.1 Å². The van der Waals surface area contributed by atoms with E-state index < -0.39 is 0 Å². The van der Waals surface area contributed by atoms with Gasteiger partial charge in [0.2, 0.25) is 0 Å². The minimum atomic E-state index is 0.860. The Hall–Kier alpha value is -0.850. The van der Waals surface area contributed by atoms with Crippen molar-refractivity contribution >= 4 is 0 Å². The van der Waals surface area contributed by atoms with Gasteiger partial charge in [0.1, 0.15) is 0 Å². The van der Waals surface area contributed by atoms with Crippen LogP contribution in [0, 0.1) is 25.1 Å². The van der Waals surface area contributed by atoms with Crippen LogP contribution in [0.3, 0.4) is 0 Å². The third-order valence-corrected chi connectivity index (χ3v) is 0.638. The molecule has 0 aliphatic heterocycles. The molecule has 1 heteroatoms. The molecular formula is C6H4N. The fraction of sp³-hybridized carbons (Fsp3) is 0.167. The number of nitrogens with zero attached hydrogens (tertiary/aromatic N) is 1. The van der Waals surface area contributed by atoms with Gasteiger partial charge >= 0.3 is 0 Å². The van der Waals surface area contributed by atoms with E-state index in [0.717, 1.165) is 5.69 Å². The molecule has 1 rings (SSSR count). The van der Waals surface area contributed by atoms with Crippen molar-refractivity contribution in [3.8, 4) is 0 Å². The van der Waals surface area contributed by atoms with Crippen molar-refractivity contribution in [3.63, 3.8) is 0 Å².